The average Bonchev–Trinajstić information content (AvgIpc) is 2.55. The van der Waals surface area contributed by atoms with Gasteiger partial charge in [-0.15, -0.1) is 12.4 Å². The van der Waals surface area contributed by atoms with E-state index in [1.165, 1.54) is 38.9 Å². The Kier molecular flexibility index (Phi) is 3.81. The van der Waals surface area contributed by atoms with Crippen LogP contribution in [0.1, 0.15) is 26.2 Å². The third-order valence-corrected chi connectivity index (χ3v) is 3.11. The highest BCUT2D eigenvalue weighted by Gasteiger charge is 2.29. The first-order chi connectivity index (χ1) is 5.38. The van der Waals surface area contributed by atoms with Crippen LogP contribution >= 0.6 is 12.4 Å². The van der Waals surface area contributed by atoms with E-state index in [4.69, 9.17) is 0 Å². The average molecular weight is 191 g/mol. The molecule has 2 atom stereocenters. The van der Waals surface area contributed by atoms with E-state index in [0.29, 0.717) is 0 Å². The molecule has 72 valence electrons. The molecule has 0 radical (unpaired) electrons. The van der Waals surface area contributed by atoms with E-state index in [-0.39, 0.29) is 12.4 Å². The summed E-state index contributed by atoms with van der Waals surface area (Å²) in [6.07, 6.45) is 4.19. The molecule has 2 fully saturated rings. The minimum Gasteiger partial charge on any atom is -0.315 e. The van der Waals surface area contributed by atoms with E-state index >= 15 is 0 Å². The molecule has 0 amide bonds. The zero-order chi connectivity index (χ0) is 7.68. The van der Waals surface area contributed by atoms with Gasteiger partial charge in [-0.1, -0.05) is 0 Å². The van der Waals surface area contributed by atoms with Crippen molar-refractivity contribution in [2.24, 2.45) is 0 Å². The van der Waals surface area contributed by atoms with Crippen LogP contribution in [0.4, 0.5) is 0 Å². The summed E-state index contributed by atoms with van der Waals surface area (Å²) >= 11 is 0. The van der Waals surface area contributed by atoms with Gasteiger partial charge >= 0.3 is 0 Å². The second-order valence-corrected chi connectivity index (χ2v) is 3.88. The van der Waals surface area contributed by atoms with Crippen molar-refractivity contribution in [3.63, 3.8) is 0 Å². The Morgan fingerprint density at radius 3 is 2.67 bits per heavy atom. The fourth-order valence-electron chi connectivity index (χ4n) is 2.42. The van der Waals surface area contributed by atoms with Crippen molar-refractivity contribution in [2.45, 2.75) is 38.3 Å². The van der Waals surface area contributed by atoms with Gasteiger partial charge in [0.2, 0.25) is 0 Å². The van der Waals surface area contributed by atoms with Gasteiger partial charge in [-0.25, -0.2) is 0 Å². The maximum atomic E-state index is 3.43. The van der Waals surface area contributed by atoms with Gasteiger partial charge in [0.1, 0.15) is 0 Å². The number of nitrogens with one attached hydrogen (secondary N) is 1. The van der Waals surface area contributed by atoms with Crippen molar-refractivity contribution in [1.29, 1.82) is 0 Å². The third kappa shape index (κ3) is 1.93. The topological polar surface area (TPSA) is 15.3 Å². The second-order valence-electron chi connectivity index (χ2n) is 3.88. The SMILES string of the molecule is C[C@@H]1CCCN1[C@H]1CCNC1.Cl. The molecule has 3 heteroatoms. The van der Waals surface area contributed by atoms with Crippen LogP contribution in [0.25, 0.3) is 0 Å². The summed E-state index contributed by atoms with van der Waals surface area (Å²) in [4.78, 5) is 2.68. The fourth-order valence-corrected chi connectivity index (χ4v) is 2.42. The summed E-state index contributed by atoms with van der Waals surface area (Å²) in [6.45, 7) is 6.16. The van der Waals surface area contributed by atoms with Gasteiger partial charge in [-0.2, -0.15) is 0 Å². The van der Waals surface area contributed by atoms with Gasteiger partial charge in [0.25, 0.3) is 0 Å². The van der Waals surface area contributed by atoms with Gasteiger partial charge in [-0.3, -0.25) is 4.90 Å². The number of hydrogen-bond donors (Lipinski definition) is 1. The quantitative estimate of drug-likeness (QED) is 0.670. The summed E-state index contributed by atoms with van der Waals surface area (Å²) in [5, 5.41) is 3.43. The molecule has 0 aromatic heterocycles. The predicted molar refractivity (Wildman–Crippen MR) is 53.9 cm³/mol. The number of halogens is 1. The molecule has 2 aliphatic heterocycles. The normalized spacial score (nSPS) is 36.8. The first kappa shape index (κ1) is 10.3. The monoisotopic (exact) mass is 190 g/mol. The molecule has 0 aromatic rings. The molecule has 2 saturated heterocycles. The van der Waals surface area contributed by atoms with Crippen molar-refractivity contribution in [3.8, 4) is 0 Å². The number of rotatable bonds is 1. The summed E-state index contributed by atoms with van der Waals surface area (Å²) in [6, 6.07) is 1.70. The van der Waals surface area contributed by atoms with E-state index in [9.17, 15) is 0 Å². The van der Waals surface area contributed by atoms with Gasteiger partial charge < -0.3 is 5.32 Å². The van der Waals surface area contributed by atoms with Gasteiger partial charge in [0.15, 0.2) is 0 Å². The number of likely N-dealkylation sites (tertiary alicyclic amines) is 1. The molecular weight excluding hydrogens is 172 g/mol. The minimum atomic E-state index is 0. The third-order valence-electron chi connectivity index (χ3n) is 3.11. The Hall–Kier alpha value is 0.210. The van der Waals surface area contributed by atoms with Gasteiger partial charge in [0.05, 0.1) is 0 Å². The van der Waals surface area contributed by atoms with Crippen molar-refractivity contribution in [1.82, 2.24) is 10.2 Å². The number of hydrogen-bond acceptors (Lipinski definition) is 2. The Bertz CT molecular complexity index is 134. The maximum absolute atomic E-state index is 3.43. The van der Waals surface area contributed by atoms with Crippen LogP contribution in [0.5, 0.6) is 0 Å². The van der Waals surface area contributed by atoms with Crippen LogP contribution in [0.3, 0.4) is 0 Å². The molecule has 0 saturated carbocycles. The standard InChI is InChI=1S/C9H18N2.ClH/c1-8-3-2-6-11(8)9-4-5-10-7-9;/h8-10H,2-7H2,1H3;1H/t8-,9+;/m1./s1. The van der Waals surface area contributed by atoms with Gasteiger partial charge in [0, 0.05) is 18.6 Å². The van der Waals surface area contributed by atoms with Crippen LogP contribution in [0.2, 0.25) is 0 Å². The van der Waals surface area contributed by atoms with Crippen LogP contribution in [0.15, 0.2) is 0 Å². The highest BCUT2D eigenvalue weighted by atomic mass is 35.5. The summed E-state index contributed by atoms with van der Waals surface area (Å²) in [5.41, 5.74) is 0. The molecule has 0 aliphatic carbocycles. The van der Waals surface area contributed by atoms with Crippen molar-refractivity contribution >= 4 is 12.4 Å². The lowest BCUT2D eigenvalue weighted by atomic mass is 10.2. The van der Waals surface area contributed by atoms with E-state index in [1.807, 2.05) is 0 Å². The molecule has 0 bridgehead atoms. The van der Waals surface area contributed by atoms with Crippen molar-refractivity contribution < 1.29 is 0 Å². The lowest BCUT2D eigenvalue weighted by molar-refractivity contribution is 0.202. The largest absolute Gasteiger partial charge is 0.315 e. The lowest BCUT2D eigenvalue weighted by Gasteiger charge is -2.27. The van der Waals surface area contributed by atoms with E-state index < -0.39 is 0 Å². The maximum Gasteiger partial charge on any atom is 0.0235 e. The summed E-state index contributed by atoms with van der Waals surface area (Å²) in [5.74, 6) is 0. The summed E-state index contributed by atoms with van der Waals surface area (Å²) in [7, 11) is 0. The van der Waals surface area contributed by atoms with Crippen LogP contribution in [-0.4, -0.2) is 36.6 Å². The molecule has 1 N–H and O–H groups in total. The van der Waals surface area contributed by atoms with Crippen molar-refractivity contribution in [3.05, 3.63) is 0 Å². The highest BCUT2D eigenvalue weighted by molar-refractivity contribution is 5.85. The molecule has 0 spiro atoms. The Morgan fingerprint density at radius 1 is 1.33 bits per heavy atom. The van der Waals surface area contributed by atoms with E-state index in [1.54, 1.807) is 0 Å². The molecule has 12 heavy (non-hydrogen) atoms. The Labute approximate surface area is 81.1 Å². The first-order valence-electron chi connectivity index (χ1n) is 4.84. The molecule has 0 aromatic carbocycles. The predicted octanol–water partition coefficient (Wildman–Crippen LogP) is 1.25. The minimum absolute atomic E-state index is 0. The highest BCUT2D eigenvalue weighted by Crippen LogP contribution is 2.21. The van der Waals surface area contributed by atoms with Crippen molar-refractivity contribution in [2.75, 3.05) is 19.6 Å². The Balaban J connectivity index is 0.000000720. The molecule has 0 unspecified atom stereocenters. The van der Waals surface area contributed by atoms with Crippen LogP contribution in [0, 0.1) is 0 Å². The Morgan fingerprint density at radius 2 is 2.17 bits per heavy atom. The smallest absolute Gasteiger partial charge is 0.0235 e. The molecule has 2 nitrogen and oxygen atoms in total. The summed E-state index contributed by atoms with van der Waals surface area (Å²) < 4.78 is 0. The zero-order valence-corrected chi connectivity index (χ0v) is 8.57. The van der Waals surface area contributed by atoms with E-state index in [0.717, 1.165) is 12.1 Å². The molecule has 2 rings (SSSR count). The van der Waals surface area contributed by atoms with Gasteiger partial charge in [-0.05, 0) is 39.3 Å². The van der Waals surface area contributed by atoms with Crippen LogP contribution < -0.4 is 5.32 Å². The molecule has 2 aliphatic rings. The second kappa shape index (κ2) is 4.45. The van der Waals surface area contributed by atoms with E-state index in [2.05, 4.69) is 17.1 Å². The molecule has 2 heterocycles. The number of nitrogens with zero attached hydrogens (tertiary/aromatic N) is 1. The molecular formula is C9H19ClN2. The first-order valence-corrected chi connectivity index (χ1v) is 4.84. The zero-order valence-electron chi connectivity index (χ0n) is 7.75. The van der Waals surface area contributed by atoms with Crippen LogP contribution in [-0.2, 0) is 0 Å². The fraction of sp³-hybridized carbons (Fsp3) is 1.00. The lowest BCUT2D eigenvalue weighted by Crippen LogP contribution is -2.38.